The van der Waals surface area contributed by atoms with Crippen LogP contribution in [0.25, 0.3) is 0 Å². The van der Waals surface area contributed by atoms with Crippen molar-refractivity contribution in [2.24, 2.45) is 5.92 Å². The lowest BCUT2D eigenvalue weighted by Crippen LogP contribution is -2.68. The number of hydrogen-bond donors (Lipinski definition) is 2. The zero-order valence-electron chi connectivity index (χ0n) is 9.69. The first kappa shape index (κ1) is 11.4. The second-order valence-corrected chi connectivity index (χ2v) is 5.07. The summed E-state index contributed by atoms with van der Waals surface area (Å²) in [7, 11) is 0. The Bertz CT molecular complexity index is 329. The quantitative estimate of drug-likeness (QED) is 0.687. The molecule has 2 amide bonds. The van der Waals surface area contributed by atoms with Crippen molar-refractivity contribution >= 4 is 11.8 Å². The molecule has 0 aromatic rings. The number of carbonyl (C=O) groups is 2. The van der Waals surface area contributed by atoms with Crippen molar-refractivity contribution in [3.05, 3.63) is 0 Å². The van der Waals surface area contributed by atoms with Crippen molar-refractivity contribution in [3.8, 4) is 0 Å². The molecule has 2 aliphatic heterocycles. The van der Waals surface area contributed by atoms with Crippen molar-refractivity contribution in [1.82, 2.24) is 10.2 Å². The van der Waals surface area contributed by atoms with Gasteiger partial charge in [-0.25, -0.2) is 0 Å². The number of nitrogens with zero attached hydrogens (tertiary/aromatic N) is 1. The minimum absolute atomic E-state index is 0.145. The van der Waals surface area contributed by atoms with Gasteiger partial charge in [-0.05, 0) is 18.8 Å². The predicted molar refractivity (Wildman–Crippen MR) is 57.3 cm³/mol. The molecule has 0 aliphatic carbocycles. The van der Waals surface area contributed by atoms with Gasteiger partial charge in [-0.1, -0.05) is 13.8 Å². The third kappa shape index (κ3) is 1.59. The van der Waals surface area contributed by atoms with E-state index in [1.54, 1.807) is 0 Å². The normalized spacial score (nSPS) is 34.2. The number of amides is 2. The Morgan fingerprint density at radius 3 is 2.88 bits per heavy atom. The first-order valence-electron chi connectivity index (χ1n) is 5.80. The van der Waals surface area contributed by atoms with Gasteiger partial charge >= 0.3 is 0 Å². The first-order chi connectivity index (χ1) is 7.45. The summed E-state index contributed by atoms with van der Waals surface area (Å²) in [6, 6.07) is -0.467. The number of aliphatic hydroxyl groups is 1. The Morgan fingerprint density at radius 1 is 1.56 bits per heavy atom. The molecule has 2 N–H and O–H groups in total. The summed E-state index contributed by atoms with van der Waals surface area (Å²) in [4.78, 5) is 25.2. The van der Waals surface area contributed by atoms with E-state index in [9.17, 15) is 14.7 Å². The van der Waals surface area contributed by atoms with Gasteiger partial charge in [-0.15, -0.1) is 0 Å². The summed E-state index contributed by atoms with van der Waals surface area (Å²) in [5, 5.41) is 12.7. The van der Waals surface area contributed by atoms with E-state index in [-0.39, 0.29) is 5.91 Å². The Hall–Kier alpha value is -1.10. The maximum absolute atomic E-state index is 12.0. The summed E-state index contributed by atoms with van der Waals surface area (Å²) < 4.78 is 0. The molecule has 2 atom stereocenters. The molecule has 0 radical (unpaired) electrons. The van der Waals surface area contributed by atoms with Gasteiger partial charge < -0.3 is 15.3 Å². The van der Waals surface area contributed by atoms with Crippen LogP contribution in [-0.2, 0) is 9.59 Å². The molecule has 2 rings (SSSR count). The van der Waals surface area contributed by atoms with Gasteiger partial charge in [0.05, 0.1) is 0 Å². The van der Waals surface area contributed by atoms with Crippen molar-refractivity contribution in [2.45, 2.75) is 44.9 Å². The lowest BCUT2D eigenvalue weighted by Gasteiger charge is -2.40. The third-order valence-corrected chi connectivity index (χ3v) is 3.29. The molecular weight excluding hydrogens is 208 g/mol. The topological polar surface area (TPSA) is 69.6 Å². The minimum Gasteiger partial charge on any atom is -0.363 e. The van der Waals surface area contributed by atoms with Crippen molar-refractivity contribution in [3.63, 3.8) is 0 Å². The highest BCUT2D eigenvalue weighted by Gasteiger charge is 2.53. The van der Waals surface area contributed by atoms with E-state index in [1.165, 1.54) is 4.90 Å². The van der Waals surface area contributed by atoms with Crippen LogP contribution in [0.15, 0.2) is 0 Å². The van der Waals surface area contributed by atoms with Crippen molar-refractivity contribution in [1.29, 1.82) is 0 Å². The van der Waals surface area contributed by atoms with Gasteiger partial charge in [0.2, 0.25) is 11.6 Å². The molecule has 16 heavy (non-hydrogen) atoms. The number of piperazine rings is 1. The zero-order chi connectivity index (χ0) is 11.9. The molecule has 2 heterocycles. The van der Waals surface area contributed by atoms with Crippen LogP contribution >= 0.6 is 0 Å². The van der Waals surface area contributed by atoms with Crippen LogP contribution in [0.2, 0.25) is 0 Å². The number of hydrogen-bond acceptors (Lipinski definition) is 3. The second kappa shape index (κ2) is 3.73. The molecule has 2 saturated heterocycles. The van der Waals surface area contributed by atoms with Gasteiger partial charge in [-0.2, -0.15) is 0 Å². The van der Waals surface area contributed by atoms with E-state index in [1.807, 2.05) is 13.8 Å². The SMILES string of the molecule is CC(C)C[C@H]1NC(=O)C2(O)CCCN2C1=O. The summed E-state index contributed by atoms with van der Waals surface area (Å²) in [6.45, 7) is 4.49. The smallest absolute Gasteiger partial charge is 0.274 e. The maximum atomic E-state index is 12.0. The molecule has 0 saturated carbocycles. The molecular formula is C11H18N2O3. The fraction of sp³-hybridized carbons (Fsp3) is 0.818. The number of rotatable bonds is 2. The number of carbonyl (C=O) groups excluding carboxylic acids is 2. The van der Waals surface area contributed by atoms with Crippen LogP contribution in [0, 0.1) is 5.92 Å². The number of fused-ring (bicyclic) bond motifs is 1. The fourth-order valence-electron chi connectivity index (χ4n) is 2.49. The molecule has 1 unspecified atom stereocenters. The largest absolute Gasteiger partial charge is 0.363 e. The van der Waals surface area contributed by atoms with Crippen LogP contribution in [0.1, 0.15) is 33.1 Å². The lowest BCUT2D eigenvalue weighted by molar-refractivity contribution is -0.178. The highest BCUT2D eigenvalue weighted by atomic mass is 16.3. The Labute approximate surface area is 94.8 Å². The van der Waals surface area contributed by atoms with E-state index in [0.29, 0.717) is 31.7 Å². The van der Waals surface area contributed by atoms with E-state index in [2.05, 4.69) is 5.32 Å². The molecule has 90 valence electrons. The minimum atomic E-state index is -1.58. The molecule has 0 spiro atoms. The predicted octanol–water partition coefficient (Wildman–Crippen LogP) is -0.158. The number of nitrogens with one attached hydrogen (secondary N) is 1. The van der Waals surface area contributed by atoms with E-state index >= 15 is 0 Å². The third-order valence-electron chi connectivity index (χ3n) is 3.29. The molecule has 5 heteroatoms. The second-order valence-electron chi connectivity index (χ2n) is 5.07. The standard InChI is InChI=1S/C11H18N2O3/c1-7(2)6-8-9(14)13-5-3-4-11(13,16)10(15)12-8/h7-8,16H,3-6H2,1-2H3,(H,12,15)/t8-,11?/m1/s1. The van der Waals surface area contributed by atoms with E-state index < -0.39 is 17.7 Å². The molecule has 0 aromatic carbocycles. The molecule has 0 aromatic heterocycles. The Balaban J connectivity index is 2.19. The van der Waals surface area contributed by atoms with Crippen LogP contribution in [0.4, 0.5) is 0 Å². The Morgan fingerprint density at radius 2 is 2.25 bits per heavy atom. The average molecular weight is 226 g/mol. The van der Waals surface area contributed by atoms with Crippen molar-refractivity contribution in [2.75, 3.05) is 6.54 Å². The Kier molecular flexibility index (Phi) is 2.66. The summed E-state index contributed by atoms with van der Waals surface area (Å²) in [5.41, 5.74) is -1.58. The molecule has 2 fully saturated rings. The van der Waals surface area contributed by atoms with Crippen LogP contribution in [-0.4, -0.2) is 40.1 Å². The summed E-state index contributed by atoms with van der Waals surface area (Å²) in [6.07, 6.45) is 1.65. The highest BCUT2D eigenvalue weighted by molar-refractivity contribution is 5.99. The van der Waals surface area contributed by atoms with E-state index in [0.717, 1.165) is 0 Å². The summed E-state index contributed by atoms with van der Waals surface area (Å²) in [5.74, 6) is -0.230. The van der Waals surface area contributed by atoms with Crippen molar-refractivity contribution < 1.29 is 14.7 Å². The van der Waals surface area contributed by atoms with Gasteiger partial charge in [-0.3, -0.25) is 9.59 Å². The average Bonchev–Trinajstić information content (AvgIpc) is 2.58. The first-order valence-corrected chi connectivity index (χ1v) is 5.80. The van der Waals surface area contributed by atoms with Crippen LogP contribution < -0.4 is 5.32 Å². The molecule has 0 bridgehead atoms. The fourth-order valence-corrected chi connectivity index (χ4v) is 2.49. The molecule has 2 aliphatic rings. The van der Waals surface area contributed by atoms with Crippen LogP contribution in [0.5, 0.6) is 0 Å². The van der Waals surface area contributed by atoms with Gasteiger partial charge in [0, 0.05) is 13.0 Å². The van der Waals surface area contributed by atoms with E-state index in [4.69, 9.17) is 0 Å². The lowest BCUT2D eigenvalue weighted by atomic mass is 9.97. The van der Waals surface area contributed by atoms with Gasteiger partial charge in [0.25, 0.3) is 5.91 Å². The van der Waals surface area contributed by atoms with Crippen LogP contribution in [0.3, 0.4) is 0 Å². The molecule has 5 nitrogen and oxygen atoms in total. The maximum Gasteiger partial charge on any atom is 0.274 e. The van der Waals surface area contributed by atoms with Gasteiger partial charge in [0.15, 0.2) is 0 Å². The monoisotopic (exact) mass is 226 g/mol. The summed E-state index contributed by atoms with van der Waals surface area (Å²) >= 11 is 0. The highest BCUT2D eigenvalue weighted by Crippen LogP contribution is 2.31. The zero-order valence-corrected chi connectivity index (χ0v) is 9.69. The van der Waals surface area contributed by atoms with Gasteiger partial charge in [0.1, 0.15) is 6.04 Å².